The van der Waals surface area contributed by atoms with E-state index in [1.165, 1.54) is 17.5 Å². The van der Waals surface area contributed by atoms with E-state index in [-0.39, 0.29) is 17.8 Å². The molecule has 0 spiro atoms. The van der Waals surface area contributed by atoms with Crippen LogP contribution >= 0.6 is 59.7 Å². The topological polar surface area (TPSA) is 86.5 Å². The second kappa shape index (κ2) is 51.7. The molecule has 0 aromatic carbocycles. The Balaban J connectivity index is -0.000000114. The fourth-order valence-electron chi connectivity index (χ4n) is 2.57. The molecule has 0 atom stereocenters. The van der Waals surface area contributed by atoms with Gasteiger partial charge in [-0.25, -0.2) is 0 Å². The molecule has 0 saturated heterocycles. The van der Waals surface area contributed by atoms with Crippen molar-refractivity contribution in [2.75, 3.05) is 37.1 Å². The lowest BCUT2D eigenvalue weighted by molar-refractivity contribution is -0.148. The van der Waals surface area contributed by atoms with Crippen molar-refractivity contribution in [1.82, 2.24) is 0 Å². The predicted octanol–water partition coefficient (Wildman–Crippen LogP) is 16.9. The van der Waals surface area contributed by atoms with Crippen LogP contribution in [0.2, 0.25) is 0 Å². The first-order chi connectivity index (χ1) is 28.1. The molecular weight excluding hydrogens is 869 g/mol. The van der Waals surface area contributed by atoms with Crippen LogP contribution in [0.5, 0.6) is 0 Å². The van der Waals surface area contributed by atoms with Crippen molar-refractivity contribution >= 4 is 80.1 Å². The molecule has 0 unspecified atom stereocenters. The van der Waals surface area contributed by atoms with Crippen molar-refractivity contribution in [2.45, 2.75) is 210 Å². The fraction of sp³-hybridized carbons (Fsp3) is 0.920. The van der Waals surface area contributed by atoms with Gasteiger partial charge in [-0.1, -0.05) is 162 Å². The highest BCUT2D eigenvalue weighted by molar-refractivity contribution is 8.23. The van der Waals surface area contributed by atoms with Gasteiger partial charge in [-0.3, -0.25) is 9.59 Å². The Morgan fingerprint density at radius 2 is 0.839 bits per heavy atom. The number of esters is 1. The molecule has 62 heavy (non-hydrogen) atoms. The van der Waals surface area contributed by atoms with Crippen molar-refractivity contribution in [3.8, 4) is 0 Å². The van der Waals surface area contributed by atoms with Crippen molar-refractivity contribution in [2.24, 2.45) is 63.5 Å². The van der Waals surface area contributed by atoms with E-state index in [2.05, 4.69) is 121 Å². The molecule has 376 valence electrons. The molecule has 0 amide bonds. The SMILES string of the molecule is CC(=S)OCC(C)C.CC(C)COC(=O)C(C)C.CC(C)COC(C)C.CC(C)CSC(=O)C(C)C.CC(C)CSC(=S)C(C)C.CC(C)CSC(C)C.CC(C)N=NC(C)C. The Bertz CT molecular complexity index is 919. The number of azo groups is 1. The molecule has 0 rings (SSSR count). The Morgan fingerprint density at radius 3 is 1.05 bits per heavy atom. The van der Waals surface area contributed by atoms with Crippen LogP contribution in [0.4, 0.5) is 0 Å². The zero-order valence-corrected chi connectivity index (χ0v) is 49.8. The van der Waals surface area contributed by atoms with Crippen LogP contribution in [-0.4, -0.2) is 80.8 Å². The van der Waals surface area contributed by atoms with Gasteiger partial charge >= 0.3 is 5.97 Å². The van der Waals surface area contributed by atoms with Gasteiger partial charge in [-0.15, -0.1) is 11.8 Å². The van der Waals surface area contributed by atoms with Crippen LogP contribution < -0.4 is 0 Å². The van der Waals surface area contributed by atoms with Gasteiger partial charge in [0.25, 0.3) is 0 Å². The van der Waals surface area contributed by atoms with E-state index in [1.54, 1.807) is 6.92 Å². The number of thiocarbonyl (C=S) groups is 2. The zero-order chi connectivity index (χ0) is 50.7. The number of nitrogens with zero attached hydrogens (tertiary/aromatic N) is 2. The van der Waals surface area contributed by atoms with Gasteiger partial charge < -0.3 is 14.2 Å². The summed E-state index contributed by atoms with van der Waals surface area (Å²) in [6.07, 6.45) is 0.386. The van der Waals surface area contributed by atoms with Gasteiger partial charge in [0, 0.05) is 31.0 Å². The molecular formula is C50H106N2O5S5. The monoisotopic (exact) mass is 975 g/mol. The van der Waals surface area contributed by atoms with Crippen LogP contribution in [0.15, 0.2) is 10.2 Å². The van der Waals surface area contributed by atoms with Crippen LogP contribution in [0.25, 0.3) is 0 Å². The summed E-state index contributed by atoms with van der Waals surface area (Å²) in [5.74, 6) is 7.95. The summed E-state index contributed by atoms with van der Waals surface area (Å²) < 4.78 is 16.4. The molecule has 0 N–H and O–H groups in total. The Hall–Kier alpha value is -0.270. The molecule has 12 heteroatoms. The van der Waals surface area contributed by atoms with Gasteiger partial charge in [0.05, 0.1) is 41.5 Å². The number of carbonyl (C=O) groups excluding carboxylic acids is 2. The van der Waals surface area contributed by atoms with E-state index < -0.39 is 0 Å². The molecule has 0 bridgehead atoms. The second-order valence-corrected chi connectivity index (χ2v) is 24.7. The lowest BCUT2D eigenvalue weighted by Crippen LogP contribution is -2.14. The summed E-state index contributed by atoms with van der Waals surface area (Å²) in [6, 6.07) is 0.690. The van der Waals surface area contributed by atoms with Gasteiger partial charge in [-0.2, -0.15) is 22.0 Å². The highest BCUT2D eigenvalue weighted by atomic mass is 32.2. The molecule has 0 saturated carbocycles. The molecule has 0 fully saturated rings. The third kappa shape index (κ3) is 94.3. The highest BCUT2D eigenvalue weighted by Crippen LogP contribution is 2.16. The predicted molar refractivity (Wildman–Crippen MR) is 295 cm³/mol. The molecule has 0 radical (unpaired) electrons. The smallest absolute Gasteiger partial charge is 0.308 e. The first kappa shape index (κ1) is 76.0. The molecule has 0 aromatic rings. The number of carbonyl (C=O) groups is 2. The number of thioether (sulfide) groups is 3. The number of hydrogen-bond acceptors (Lipinski definition) is 12. The van der Waals surface area contributed by atoms with Crippen LogP contribution in [0.3, 0.4) is 0 Å². The van der Waals surface area contributed by atoms with Crippen LogP contribution in [-0.2, 0) is 23.8 Å². The molecule has 0 aliphatic rings. The van der Waals surface area contributed by atoms with E-state index in [9.17, 15) is 9.59 Å². The Kier molecular flexibility index (Phi) is 63.4. The van der Waals surface area contributed by atoms with E-state index in [0.717, 1.165) is 46.0 Å². The van der Waals surface area contributed by atoms with Crippen molar-refractivity contribution < 1.29 is 23.8 Å². The van der Waals surface area contributed by atoms with Gasteiger partial charge in [-0.05, 0) is 106 Å². The average Bonchev–Trinajstić information content (AvgIpc) is 3.12. The minimum atomic E-state index is -0.103. The lowest BCUT2D eigenvalue weighted by Gasteiger charge is -2.08. The molecule has 0 aliphatic carbocycles. The number of ether oxygens (including phenoxy) is 3. The van der Waals surface area contributed by atoms with E-state index in [4.69, 9.17) is 38.6 Å². The maximum Gasteiger partial charge on any atom is 0.308 e. The molecule has 7 nitrogen and oxygen atoms in total. The Morgan fingerprint density at radius 1 is 0.468 bits per heavy atom. The van der Waals surface area contributed by atoms with Gasteiger partial charge in [0.15, 0.2) is 10.2 Å². The molecule has 0 aromatic heterocycles. The summed E-state index contributed by atoms with van der Waals surface area (Å²) in [7, 11) is 0. The standard InChI is InChI=1S/C8H16O2.C8H16OS.C8H16S2.C7H16O.C7H16S.C6H14N2.C6H12OS/c3*1-6(2)5-10-8(9)7(3)4;2*1-6(2)5-8-7(3)4;1-5(2)7-8-6(3)4;1-5(2)4-7-6(3)8/h3*6-7H,5H2,1-4H3;2*6-7H,5H2,1-4H3;5-6H,1-4H3;5H,4H2,1-3H3. The van der Waals surface area contributed by atoms with E-state index >= 15 is 0 Å². The number of hydrogen-bond donors (Lipinski definition) is 0. The van der Waals surface area contributed by atoms with Crippen LogP contribution in [0.1, 0.15) is 187 Å². The summed E-state index contributed by atoms with van der Waals surface area (Å²) in [4.78, 5) is 21.8. The van der Waals surface area contributed by atoms with Crippen molar-refractivity contribution in [3.05, 3.63) is 0 Å². The maximum absolute atomic E-state index is 11.0. The minimum Gasteiger partial charge on any atom is -0.487 e. The van der Waals surface area contributed by atoms with Crippen LogP contribution in [0, 0.1) is 53.3 Å². The summed E-state index contributed by atoms with van der Waals surface area (Å²) in [6.45, 7) is 58.2. The van der Waals surface area contributed by atoms with E-state index in [0.29, 0.717) is 64.5 Å². The van der Waals surface area contributed by atoms with Crippen molar-refractivity contribution in [1.29, 1.82) is 0 Å². The molecule has 0 heterocycles. The first-order valence-electron chi connectivity index (χ1n) is 23.4. The average molecular weight is 976 g/mol. The fourth-order valence-corrected chi connectivity index (χ4v) is 5.27. The lowest BCUT2D eigenvalue weighted by atomic mass is 10.2. The summed E-state index contributed by atoms with van der Waals surface area (Å²) in [5.41, 5.74) is 0. The van der Waals surface area contributed by atoms with Gasteiger partial charge in [0.2, 0.25) is 0 Å². The minimum absolute atomic E-state index is 0.00116. The third-order valence-corrected chi connectivity index (χ3v) is 11.4. The summed E-state index contributed by atoms with van der Waals surface area (Å²) >= 11 is 15.2. The highest BCUT2D eigenvalue weighted by Gasteiger charge is 2.09. The number of rotatable bonds is 19. The van der Waals surface area contributed by atoms with E-state index in [1.807, 2.05) is 92.8 Å². The summed E-state index contributed by atoms with van der Waals surface area (Å²) in [5, 5.41) is 9.65. The quantitative estimate of drug-likeness (QED) is 0.0708. The first-order valence-corrected chi connectivity index (χ1v) is 27.2. The zero-order valence-electron chi connectivity index (χ0n) is 45.7. The third-order valence-electron chi connectivity index (χ3n) is 5.77. The normalized spacial score (nSPS) is 11.0. The molecule has 0 aliphatic heterocycles. The maximum atomic E-state index is 11.0. The Labute approximate surface area is 412 Å². The second-order valence-electron chi connectivity index (χ2n) is 19.7. The van der Waals surface area contributed by atoms with Crippen molar-refractivity contribution in [3.63, 3.8) is 0 Å². The largest absolute Gasteiger partial charge is 0.487 e. The van der Waals surface area contributed by atoms with Gasteiger partial charge in [0.1, 0.15) is 0 Å².